The Morgan fingerprint density at radius 2 is 1.71 bits per heavy atom. The first kappa shape index (κ1) is 28.4. The fourth-order valence-electron chi connectivity index (χ4n) is 4.63. The first-order valence-corrected chi connectivity index (χ1v) is 13.7. The molecule has 0 aliphatic carbocycles. The number of hydrogen-bond acceptors (Lipinski definition) is 7. The number of benzene rings is 3. The van der Waals surface area contributed by atoms with Crippen LogP contribution >= 0.6 is 11.8 Å². The van der Waals surface area contributed by atoms with Gasteiger partial charge in [-0.05, 0) is 97.4 Å². The molecule has 1 aliphatic heterocycles. The van der Waals surface area contributed by atoms with Crippen molar-refractivity contribution in [2.24, 2.45) is 4.99 Å². The van der Waals surface area contributed by atoms with Crippen molar-refractivity contribution in [2.45, 2.75) is 20.4 Å². The maximum absolute atomic E-state index is 13.7. The van der Waals surface area contributed by atoms with Crippen molar-refractivity contribution >= 4 is 46.3 Å². The summed E-state index contributed by atoms with van der Waals surface area (Å²) in [7, 11) is 1.58. The number of methoxy groups -OCH3 is 1. The van der Waals surface area contributed by atoms with E-state index in [9.17, 15) is 24.8 Å². The number of amidine groups is 1. The molecule has 3 aromatic carbocycles. The van der Waals surface area contributed by atoms with E-state index in [1.165, 1.54) is 36.0 Å². The van der Waals surface area contributed by atoms with Gasteiger partial charge in [0, 0.05) is 29.2 Å². The second kappa shape index (κ2) is 11.8. The minimum absolute atomic E-state index is 0.0119. The third-order valence-corrected chi connectivity index (χ3v) is 7.81. The summed E-state index contributed by atoms with van der Waals surface area (Å²) in [4.78, 5) is 42.5. The van der Waals surface area contributed by atoms with E-state index in [0.29, 0.717) is 21.5 Å². The molecule has 0 atom stereocenters. The molecule has 5 rings (SSSR count). The van der Waals surface area contributed by atoms with Crippen LogP contribution in [0.25, 0.3) is 11.8 Å². The lowest BCUT2D eigenvalue weighted by atomic mass is 10.1. The molecule has 1 aromatic heterocycles. The van der Waals surface area contributed by atoms with Gasteiger partial charge in [-0.1, -0.05) is 12.1 Å². The molecule has 1 N–H and O–H groups in total. The maximum Gasteiger partial charge on any atom is 0.335 e. The number of carboxylic acid groups (broad SMARTS) is 1. The molecule has 0 unspecified atom stereocenters. The number of non-ortho nitro benzene ring substituents is 1. The zero-order valence-corrected chi connectivity index (χ0v) is 23.8. The van der Waals surface area contributed by atoms with Crippen LogP contribution in [0.4, 0.5) is 11.4 Å². The van der Waals surface area contributed by atoms with Crippen LogP contribution in [-0.4, -0.2) is 43.7 Å². The summed E-state index contributed by atoms with van der Waals surface area (Å²) in [6, 6.07) is 21.9. The summed E-state index contributed by atoms with van der Waals surface area (Å²) in [5, 5.41) is 20.8. The number of ether oxygens (including phenoxy) is 1. The van der Waals surface area contributed by atoms with Gasteiger partial charge in [-0.15, -0.1) is 0 Å². The molecule has 42 heavy (non-hydrogen) atoms. The Kier molecular flexibility index (Phi) is 7.94. The number of amides is 1. The molecule has 1 fully saturated rings. The SMILES string of the molecule is COc1ccc(N=C2S/C(=C/c3cc(C)n(-c4ccc([N+](=O)[O-])cc4)c3C)C(=O)N2Cc2ccc(C(=O)O)cc2)cc1. The molecule has 0 bridgehead atoms. The Bertz CT molecular complexity index is 1740. The number of hydrogen-bond donors (Lipinski definition) is 1. The Hall–Kier alpha value is -5.16. The van der Waals surface area contributed by atoms with E-state index in [-0.39, 0.29) is 23.7 Å². The fourth-order valence-corrected chi connectivity index (χ4v) is 5.62. The third kappa shape index (κ3) is 5.81. The van der Waals surface area contributed by atoms with Crippen LogP contribution in [0.5, 0.6) is 5.75 Å². The van der Waals surface area contributed by atoms with E-state index < -0.39 is 10.9 Å². The van der Waals surface area contributed by atoms with Crippen molar-refractivity contribution in [3.05, 3.63) is 122 Å². The number of carbonyl (C=O) groups excluding carboxylic acids is 1. The summed E-state index contributed by atoms with van der Waals surface area (Å²) >= 11 is 1.26. The van der Waals surface area contributed by atoms with Gasteiger partial charge in [-0.2, -0.15) is 0 Å². The van der Waals surface area contributed by atoms with Gasteiger partial charge in [-0.25, -0.2) is 9.79 Å². The zero-order valence-electron chi connectivity index (χ0n) is 23.0. The van der Waals surface area contributed by atoms with E-state index in [1.807, 2.05) is 30.6 Å². The monoisotopic (exact) mass is 582 g/mol. The maximum atomic E-state index is 13.7. The van der Waals surface area contributed by atoms with Gasteiger partial charge < -0.3 is 14.4 Å². The largest absolute Gasteiger partial charge is 0.497 e. The molecule has 0 radical (unpaired) electrons. The van der Waals surface area contributed by atoms with E-state index >= 15 is 0 Å². The predicted molar refractivity (Wildman–Crippen MR) is 162 cm³/mol. The molecule has 0 spiro atoms. The second-order valence-corrected chi connectivity index (χ2v) is 10.5. The smallest absolute Gasteiger partial charge is 0.335 e. The average Bonchev–Trinajstić information content (AvgIpc) is 3.42. The van der Waals surface area contributed by atoms with Crippen LogP contribution < -0.4 is 4.74 Å². The Morgan fingerprint density at radius 1 is 1.05 bits per heavy atom. The minimum atomic E-state index is -1.02. The summed E-state index contributed by atoms with van der Waals surface area (Å²) in [5.74, 6) is -0.559. The molecule has 1 amide bonds. The number of aromatic nitrogens is 1. The Balaban J connectivity index is 1.50. The average molecular weight is 583 g/mol. The molecule has 2 heterocycles. The molecule has 1 aliphatic rings. The number of nitro benzene ring substituents is 1. The van der Waals surface area contributed by atoms with Crippen molar-refractivity contribution < 1.29 is 24.4 Å². The van der Waals surface area contributed by atoms with Crippen molar-refractivity contribution in [1.82, 2.24) is 9.47 Å². The minimum Gasteiger partial charge on any atom is -0.497 e. The Labute approximate surface area is 245 Å². The van der Waals surface area contributed by atoms with Gasteiger partial charge in [0.25, 0.3) is 11.6 Å². The number of rotatable bonds is 8. The van der Waals surface area contributed by atoms with E-state index in [1.54, 1.807) is 60.5 Å². The van der Waals surface area contributed by atoms with Gasteiger partial charge in [0.15, 0.2) is 5.17 Å². The van der Waals surface area contributed by atoms with Gasteiger partial charge in [0.1, 0.15) is 5.75 Å². The van der Waals surface area contributed by atoms with Crippen LogP contribution in [0.15, 0.2) is 88.8 Å². The number of thioether (sulfide) groups is 1. The number of carbonyl (C=O) groups is 2. The number of aliphatic imine (C=N–C) groups is 1. The molecule has 212 valence electrons. The lowest BCUT2D eigenvalue weighted by molar-refractivity contribution is -0.384. The van der Waals surface area contributed by atoms with Crippen LogP contribution in [0, 0.1) is 24.0 Å². The molecule has 4 aromatic rings. The number of nitrogens with zero attached hydrogens (tertiary/aromatic N) is 4. The molecule has 10 nitrogen and oxygen atoms in total. The van der Waals surface area contributed by atoms with Crippen molar-refractivity contribution in [1.29, 1.82) is 0 Å². The second-order valence-electron chi connectivity index (χ2n) is 9.53. The highest BCUT2D eigenvalue weighted by Crippen LogP contribution is 2.36. The molecular weight excluding hydrogens is 556 g/mol. The fraction of sp³-hybridized carbons (Fsp3) is 0.129. The lowest BCUT2D eigenvalue weighted by Crippen LogP contribution is -2.28. The zero-order chi connectivity index (χ0) is 30.0. The van der Waals surface area contributed by atoms with Crippen LogP contribution in [0.1, 0.15) is 32.9 Å². The van der Waals surface area contributed by atoms with Gasteiger partial charge in [-0.3, -0.25) is 19.8 Å². The molecule has 11 heteroatoms. The predicted octanol–water partition coefficient (Wildman–Crippen LogP) is 6.51. The number of nitro groups is 1. The van der Waals surface area contributed by atoms with Crippen molar-refractivity contribution in [3.8, 4) is 11.4 Å². The third-order valence-electron chi connectivity index (χ3n) is 6.80. The summed E-state index contributed by atoms with van der Waals surface area (Å²) < 4.78 is 7.22. The number of aromatic carboxylic acids is 1. The summed E-state index contributed by atoms with van der Waals surface area (Å²) in [6.07, 6.45) is 1.83. The highest BCUT2D eigenvalue weighted by Gasteiger charge is 2.34. The quantitative estimate of drug-likeness (QED) is 0.142. The summed E-state index contributed by atoms with van der Waals surface area (Å²) in [6.45, 7) is 4.07. The van der Waals surface area contributed by atoms with E-state index in [4.69, 9.17) is 9.73 Å². The topological polar surface area (TPSA) is 127 Å². The molecule has 1 saturated heterocycles. The highest BCUT2D eigenvalue weighted by molar-refractivity contribution is 8.18. The number of carboxylic acids is 1. The van der Waals surface area contributed by atoms with Crippen LogP contribution in [0.2, 0.25) is 0 Å². The van der Waals surface area contributed by atoms with E-state index in [2.05, 4.69) is 0 Å². The van der Waals surface area contributed by atoms with Crippen molar-refractivity contribution in [3.63, 3.8) is 0 Å². The normalized spacial score (nSPS) is 15.0. The molecule has 0 saturated carbocycles. The summed E-state index contributed by atoms with van der Waals surface area (Å²) in [5.41, 5.74) is 4.97. The van der Waals surface area contributed by atoms with Crippen molar-refractivity contribution in [2.75, 3.05) is 7.11 Å². The molecular formula is C31H26N4O6S. The Morgan fingerprint density at radius 3 is 2.31 bits per heavy atom. The van der Waals surface area contributed by atoms with Crippen LogP contribution in [0.3, 0.4) is 0 Å². The van der Waals surface area contributed by atoms with Gasteiger partial charge in [0.05, 0.1) is 34.7 Å². The van der Waals surface area contributed by atoms with Crippen LogP contribution in [-0.2, 0) is 11.3 Å². The lowest BCUT2D eigenvalue weighted by Gasteiger charge is -2.16. The van der Waals surface area contributed by atoms with E-state index in [0.717, 1.165) is 28.2 Å². The highest BCUT2D eigenvalue weighted by atomic mass is 32.2. The number of aryl methyl sites for hydroxylation is 1. The first-order valence-electron chi connectivity index (χ1n) is 12.8. The van der Waals surface area contributed by atoms with Gasteiger partial charge in [0.2, 0.25) is 0 Å². The van der Waals surface area contributed by atoms with Gasteiger partial charge >= 0.3 is 5.97 Å². The standard InChI is InChI=1S/C31H26N4O6S/c1-19-16-23(20(2)34(19)25-10-12-26(13-11-25)35(39)40)17-28-29(36)33(18-21-4-6-22(7-5-21)30(37)38)31(42-28)32-24-8-14-27(41-3)15-9-24/h4-17H,18H2,1-3H3,(H,37,38)/b28-17+,32-31?. The first-order chi connectivity index (χ1) is 20.1.